The first-order valence-electron chi connectivity index (χ1n) is 12.5. The molecule has 0 spiro atoms. The van der Waals surface area contributed by atoms with Crippen LogP contribution in [0.15, 0.2) is 30.3 Å². The normalized spacial score (nSPS) is 20.8. The fourth-order valence-electron chi connectivity index (χ4n) is 5.23. The van der Waals surface area contributed by atoms with Crippen molar-refractivity contribution < 1.29 is 24.2 Å². The van der Waals surface area contributed by atoms with Gasteiger partial charge < -0.3 is 25.8 Å². The Bertz CT molecular complexity index is 823. The zero-order chi connectivity index (χ0) is 24.6. The smallest absolute Gasteiger partial charge is 0.408 e. The van der Waals surface area contributed by atoms with Crippen LogP contribution in [0.4, 0.5) is 4.79 Å². The third-order valence-electron chi connectivity index (χ3n) is 7.44. The van der Waals surface area contributed by atoms with Gasteiger partial charge in [-0.25, -0.2) is 4.79 Å². The molecule has 0 bridgehead atoms. The van der Waals surface area contributed by atoms with Crippen LogP contribution >= 0.6 is 0 Å². The van der Waals surface area contributed by atoms with Crippen LogP contribution in [0, 0.1) is 17.3 Å². The van der Waals surface area contributed by atoms with E-state index < -0.39 is 23.6 Å². The molecule has 1 heterocycles. The van der Waals surface area contributed by atoms with Crippen LogP contribution in [0.5, 0.6) is 0 Å². The second-order valence-electron chi connectivity index (χ2n) is 10.2. The van der Waals surface area contributed by atoms with Crippen LogP contribution < -0.4 is 16.0 Å². The quantitative estimate of drug-likeness (QED) is 0.417. The second-order valence-corrected chi connectivity index (χ2v) is 10.2. The van der Waals surface area contributed by atoms with Crippen molar-refractivity contribution in [3.8, 4) is 0 Å². The van der Waals surface area contributed by atoms with Gasteiger partial charge in [0.15, 0.2) is 0 Å². The summed E-state index contributed by atoms with van der Waals surface area (Å²) in [5.41, 5.74) is 0.349. The average Bonchev–Trinajstić information content (AvgIpc) is 3.25. The summed E-state index contributed by atoms with van der Waals surface area (Å²) in [5.74, 6) is -0.357. The van der Waals surface area contributed by atoms with E-state index >= 15 is 0 Å². The van der Waals surface area contributed by atoms with Gasteiger partial charge >= 0.3 is 6.09 Å². The highest BCUT2D eigenvalue weighted by Gasteiger charge is 2.43. The number of hydrogen-bond acceptors (Lipinski definition) is 5. The molecule has 188 valence electrons. The minimum atomic E-state index is -0.828. The van der Waals surface area contributed by atoms with Gasteiger partial charge in [0.2, 0.25) is 11.8 Å². The van der Waals surface area contributed by atoms with Crippen LogP contribution in [0.1, 0.15) is 64.4 Å². The van der Waals surface area contributed by atoms with E-state index in [-0.39, 0.29) is 36.9 Å². The summed E-state index contributed by atoms with van der Waals surface area (Å²) in [4.78, 5) is 38.2. The summed E-state index contributed by atoms with van der Waals surface area (Å²) in [5, 5.41) is 18.4. The van der Waals surface area contributed by atoms with Crippen molar-refractivity contribution in [2.75, 3.05) is 13.2 Å². The van der Waals surface area contributed by atoms with E-state index in [2.05, 4.69) is 16.0 Å². The predicted molar refractivity (Wildman–Crippen MR) is 129 cm³/mol. The lowest BCUT2D eigenvalue weighted by Crippen LogP contribution is -2.59. The molecule has 1 aliphatic carbocycles. The highest BCUT2D eigenvalue weighted by Crippen LogP contribution is 2.41. The summed E-state index contributed by atoms with van der Waals surface area (Å²) in [7, 11) is 0. The number of nitrogens with one attached hydrogen (secondary N) is 3. The molecule has 1 saturated carbocycles. The number of ether oxygens (including phenoxy) is 1. The lowest BCUT2D eigenvalue weighted by Gasteiger charge is -2.42. The van der Waals surface area contributed by atoms with Crippen LogP contribution in [-0.2, 0) is 20.9 Å². The van der Waals surface area contributed by atoms with Gasteiger partial charge in [-0.15, -0.1) is 0 Å². The zero-order valence-electron chi connectivity index (χ0n) is 20.3. The van der Waals surface area contributed by atoms with E-state index in [1.807, 2.05) is 44.2 Å². The predicted octanol–water partition coefficient (Wildman–Crippen LogP) is 2.89. The van der Waals surface area contributed by atoms with E-state index in [0.29, 0.717) is 19.4 Å². The van der Waals surface area contributed by atoms with Crippen molar-refractivity contribution in [2.24, 2.45) is 17.3 Å². The van der Waals surface area contributed by atoms with Crippen molar-refractivity contribution in [1.82, 2.24) is 16.0 Å². The molecule has 1 aliphatic heterocycles. The Morgan fingerprint density at radius 1 is 1.12 bits per heavy atom. The standard InChI is InChI=1S/C26H39N3O5/c1-26(2,20-11-7-4-8-12-20)22(29-25(33)34-17-18-9-5-3-6-10-18)24(32)28-21(16-30)15-19-13-14-27-23(19)31/h3,5-6,9-10,19-22,30H,4,7-8,11-17H2,1-2H3,(H,27,31)(H,28,32)(H,29,33)/t19-,21?,22?/m0/s1. The van der Waals surface area contributed by atoms with Gasteiger partial charge in [0.1, 0.15) is 12.6 Å². The van der Waals surface area contributed by atoms with Crippen molar-refractivity contribution >= 4 is 17.9 Å². The van der Waals surface area contributed by atoms with Gasteiger partial charge in [0.05, 0.1) is 12.6 Å². The molecule has 1 saturated heterocycles. The first-order chi connectivity index (χ1) is 16.3. The number of carbonyl (C=O) groups excluding carboxylic acids is 3. The minimum Gasteiger partial charge on any atom is -0.445 e. The van der Waals surface area contributed by atoms with Gasteiger partial charge in [0.25, 0.3) is 0 Å². The molecule has 1 aromatic carbocycles. The Morgan fingerprint density at radius 2 is 1.82 bits per heavy atom. The van der Waals surface area contributed by atoms with E-state index in [0.717, 1.165) is 31.2 Å². The first kappa shape index (κ1) is 26.0. The molecule has 2 aliphatic rings. The van der Waals surface area contributed by atoms with E-state index in [4.69, 9.17) is 4.74 Å². The highest BCUT2D eigenvalue weighted by molar-refractivity contribution is 5.87. The number of aliphatic hydroxyl groups is 1. The maximum atomic E-state index is 13.5. The largest absolute Gasteiger partial charge is 0.445 e. The number of carbonyl (C=O) groups is 3. The molecular weight excluding hydrogens is 434 g/mol. The summed E-state index contributed by atoms with van der Waals surface area (Å²) in [6.07, 6.45) is 5.81. The number of aliphatic hydroxyl groups excluding tert-OH is 1. The fraction of sp³-hybridized carbons (Fsp3) is 0.654. The SMILES string of the molecule is CC(C)(C1CCCCC1)C(NC(=O)OCc1ccccc1)C(=O)NC(CO)C[C@@H]1CCNC1=O. The zero-order valence-corrected chi connectivity index (χ0v) is 20.3. The van der Waals surface area contributed by atoms with Gasteiger partial charge in [-0.1, -0.05) is 63.4 Å². The second kappa shape index (κ2) is 12.2. The minimum absolute atomic E-state index is 0.0469. The maximum Gasteiger partial charge on any atom is 0.408 e. The topological polar surface area (TPSA) is 117 Å². The molecule has 0 aromatic heterocycles. The molecule has 1 aromatic rings. The lowest BCUT2D eigenvalue weighted by atomic mass is 9.66. The molecule has 2 unspecified atom stereocenters. The van der Waals surface area contributed by atoms with Gasteiger partial charge in [-0.05, 0) is 42.6 Å². The van der Waals surface area contributed by atoms with Crippen LogP contribution in [0.25, 0.3) is 0 Å². The van der Waals surface area contributed by atoms with Crippen LogP contribution in [0.3, 0.4) is 0 Å². The number of rotatable bonds is 10. The Hall–Kier alpha value is -2.61. The van der Waals surface area contributed by atoms with E-state index in [9.17, 15) is 19.5 Å². The Kier molecular flexibility index (Phi) is 9.33. The molecule has 0 radical (unpaired) electrons. The number of hydrogen-bond donors (Lipinski definition) is 4. The van der Waals surface area contributed by atoms with Gasteiger partial charge in [-0.2, -0.15) is 0 Å². The summed E-state index contributed by atoms with van der Waals surface area (Å²) in [6.45, 7) is 4.49. The number of amides is 3. The first-order valence-corrected chi connectivity index (χ1v) is 12.5. The summed E-state index contributed by atoms with van der Waals surface area (Å²) in [6, 6.07) is 7.99. The third-order valence-corrected chi connectivity index (χ3v) is 7.44. The third kappa shape index (κ3) is 6.95. The monoisotopic (exact) mass is 473 g/mol. The molecule has 34 heavy (non-hydrogen) atoms. The highest BCUT2D eigenvalue weighted by atomic mass is 16.5. The maximum absolute atomic E-state index is 13.5. The number of alkyl carbamates (subject to hydrolysis) is 1. The van der Waals surface area contributed by atoms with E-state index in [1.165, 1.54) is 6.42 Å². The molecular formula is C26H39N3O5. The Balaban J connectivity index is 1.69. The van der Waals surface area contributed by atoms with Crippen molar-refractivity contribution in [2.45, 2.75) is 77.5 Å². The van der Waals surface area contributed by atoms with Crippen LogP contribution in [-0.4, -0.2) is 48.2 Å². The molecule has 3 atom stereocenters. The van der Waals surface area contributed by atoms with Gasteiger partial charge in [-0.3, -0.25) is 9.59 Å². The average molecular weight is 474 g/mol. The van der Waals surface area contributed by atoms with Crippen molar-refractivity contribution in [3.05, 3.63) is 35.9 Å². The summed E-state index contributed by atoms with van der Waals surface area (Å²) >= 11 is 0. The number of benzene rings is 1. The molecule has 8 nitrogen and oxygen atoms in total. The molecule has 3 rings (SSSR count). The van der Waals surface area contributed by atoms with Crippen LogP contribution in [0.2, 0.25) is 0 Å². The Labute approximate surface area is 202 Å². The molecule has 3 amide bonds. The lowest BCUT2D eigenvalue weighted by molar-refractivity contribution is -0.129. The molecule has 2 fully saturated rings. The Morgan fingerprint density at radius 3 is 2.44 bits per heavy atom. The fourth-order valence-corrected chi connectivity index (χ4v) is 5.23. The van der Waals surface area contributed by atoms with Crippen molar-refractivity contribution in [1.29, 1.82) is 0 Å². The summed E-state index contributed by atoms with van der Waals surface area (Å²) < 4.78 is 5.41. The van der Waals surface area contributed by atoms with Crippen molar-refractivity contribution in [3.63, 3.8) is 0 Å². The molecule has 8 heteroatoms. The molecule has 4 N–H and O–H groups in total. The van der Waals surface area contributed by atoms with E-state index in [1.54, 1.807) is 0 Å². The van der Waals surface area contributed by atoms with Gasteiger partial charge in [0, 0.05) is 12.5 Å².